The molecule has 20 heavy (non-hydrogen) atoms. The average Bonchev–Trinajstić information content (AvgIpc) is 2.27. The van der Waals surface area contributed by atoms with Crippen LogP contribution in [0.5, 0.6) is 0 Å². The molecule has 1 amide bonds. The van der Waals surface area contributed by atoms with Crippen LogP contribution in [0.3, 0.4) is 0 Å². The number of nitrogens with one attached hydrogen (secondary N) is 1. The monoisotopic (exact) mass is 300 g/mol. The van der Waals surface area contributed by atoms with Crippen LogP contribution in [0.1, 0.15) is 29.8 Å². The lowest BCUT2D eigenvalue weighted by Gasteiger charge is -2.22. The Morgan fingerprint density at radius 2 is 1.85 bits per heavy atom. The molecule has 0 bridgehead atoms. The molecule has 0 fully saturated rings. The molecule has 0 radical (unpaired) electrons. The topological polar surface area (TPSA) is 127 Å². The summed E-state index contributed by atoms with van der Waals surface area (Å²) in [6.45, 7) is 4.19. The SMILES string of the molecule is Cc1ccc(S(=O)(=O)NC(C)(C)C(N)=O)cc1C(=O)O. The zero-order valence-electron chi connectivity index (χ0n) is 11.3. The lowest BCUT2D eigenvalue weighted by atomic mass is 10.1. The Morgan fingerprint density at radius 1 is 1.30 bits per heavy atom. The van der Waals surface area contributed by atoms with Gasteiger partial charge >= 0.3 is 5.97 Å². The van der Waals surface area contributed by atoms with E-state index in [1.807, 2.05) is 0 Å². The fraction of sp³-hybridized carbons (Fsp3) is 0.333. The Hall–Kier alpha value is -1.93. The number of amides is 1. The van der Waals surface area contributed by atoms with Crippen molar-refractivity contribution in [3.63, 3.8) is 0 Å². The Kier molecular flexibility index (Phi) is 4.21. The van der Waals surface area contributed by atoms with Crippen LogP contribution in [0, 0.1) is 6.92 Å². The van der Waals surface area contributed by atoms with Crippen molar-refractivity contribution in [3.8, 4) is 0 Å². The highest BCUT2D eigenvalue weighted by Crippen LogP contribution is 2.17. The molecule has 4 N–H and O–H groups in total. The molecule has 0 heterocycles. The molecule has 1 aromatic rings. The van der Waals surface area contributed by atoms with Gasteiger partial charge in [-0.25, -0.2) is 13.2 Å². The summed E-state index contributed by atoms with van der Waals surface area (Å²) in [5, 5.41) is 8.99. The molecule has 0 aliphatic heterocycles. The van der Waals surface area contributed by atoms with E-state index < -0.39 is 27.4 Å². The number of carboxylic acids is 1. The van der Waals surface area contributed by atoms with Crippen molar-refractivity contribution in [2.75, 3.05) is 0 Å². The number of nitrogens with two attached hydrogens (primary N) is 1. The molecule has 0 saturated carbocycles. The Balaban J connectivity index is 3.27. The van der Waals surface area contributed by atoms with Gasteiger partial charge in [0, 0.05) is 0 Å². The molecule has 1 rings (SSSR count). The molecule has 8 heteroatoms. The minimum absolute atomic E-state index is 0.121. The summed E-state index contributed by atoms with van der Waals surface area (Å²) >= 11 is 0. The van der Waals surface area contributed by atoms with Crippen molar-refractivity contribution < 1.29 is 23.1 Å². The molecule has 0 saturated heterocycles. The number of carbonyl (C=O) groups excluding carboxylic acids is 1. The molecular weight excluding hydrogens is 284 g/mol. The fourth-order valence-corrected chi connectivity index (χ4v) is 2.85. The van der Waals surface area contributed by atoms with Crippen molar-refractivity contribution in [3.05, 3.63) is 29.3 Å². The number of benzene rings is 1. The lowest BCUT2D eigenvalue weighted by Crippen LogP contribution is -2.52. The molecule has 0 aromatic heterocycles. The van der Waals surface area contributed by atoms with Crippen LogP contribution in [0.25, 0.3) is 0 Å². The molecule has 110 valence electrons. The first-order valence-electron chi connectivity index (χ1n) is 5.65. The zero-order valence-corrected chi connectivity index (χ0v) is 12.1. The van der Waals surface area contributed by atoms with Gasteiger partial charge < -0.3 is 10.8 Å². The summed E-state index contributed by atoms with van der Waals surface area (Å²) in [6.07, 6.45) is 0. The summed E-state index contributed by atoms with van der Waals surface area (Å²) < 4.78 is 26.4. The number of hydrogen-bond acceptors (Lipinski definition) is 4. The fourth-order valence-electron chi connectivity index (χ4n) is 1.44. The quantitative estimate of drug-likeness (QED) is 0.717. The highest BCUT2D eigenvalue weighted by molar-refractivity contribution is 7.89. The Morgan fingerprint density at radius 3 is 2.30 bits per heavy atom. The first-order valence-corrected chi connectivity index (χ1v) is 7.13. The van der Waals surface area contributed by atoms with Crippen molar-refractivity contribution in [2.24, 2.45) is 5.73 Å². The Bertz CT molecular complexity index is 664. The van der Waals surface area contributed by atoms with Gasteiger partial charge in [0.2, 0.25) is 15.9 Å². The summed E-state index contributed by atoms with van der Waals surface area (Å²) in [5.74, 6) is -2.07. The van der Waals surface area contributed by atoms with Gasteiger partial charge in [-0.05, 0) is 38.5 Å². The van der Waals surface area contributed by atoms with Crippen LogP contribution in [0.2, 0.25) is 0 Å². The third-order valence-corrected chi connectivity index (χ3v) is 4.41. The van der Waals surface area contributed by atoms with E-state index in [0.29, 0.717) is 5.56 Å². The van der Waals surface area contributed by atoms with Gasteiger partial charge in [0.1, 0.15) is 5.54 Å². The second kappa shape index (κ2) is 5.22. The predicted molar refractivity (Wildman–Crippen MR) is 71.7 cm³/mol. The normalized spacial score (nSPS) is 12.2. The van der Waals surface area contributed by atoms with Crippen LogP contribution < -0.4 is 10.5 Å². The summed E-state index contributed by atoms with van der Waals surface area (Å²) in [6, 6.07) is 3.69. The highest BCUT2D eigenvalue weighted by Gasteiger charge is 2.31. The van der Waals surface area contributed by atoms with E-state index in [1.54, 1.807) is 6.92 Å². The van der Waals surface area contributed by atoms with Crippen molar-refractivity contribution in [1.29, 1.82) is 0 Å². The molecule has 1 aromatic carbocycles. The summed E-state index contributed by atoms with van der Waals surface area (Å²) in [4.78, 5) is 21.9. The number of carbonyl (C=O) groups is 2. The third-order valence-electron chi connectivity index (χ3n) is 2.76. The van der Waals surface area contributed by atoms with Crippen molar-refractivity contribution >= 4 is 21.9 Å². The average molecular weight is 300 g/mol. The van der Waals surface area contributed by atoms with E-state index in [1.165, 1.54) is 26.0 Å². The summed E-state index contributed by atoms with van der Waals surface area (Å²) in [5.41, 5.74) is 3.93. The number of hydrogen-bond donors (Lipinski definition) is 3. The van der Waals surface area contributed by atoms with E-state index >= 15 is 0 Å². The third kappa shape index (κ3) is 3.34. The molecule has 0 aliphatic rings. The van der Waals surface area contributed by atoms with Gasteiger partial charge in [-0.1, -0.05) is 6.07 Å². The maximum Gasteiger partial charge on any atom is 0.335 e. The lowest BCUT2D eigenvalue weighted by molar-refractivity contribution is -0.122. The molecular formula is C12H16N2O5S. The summed E-state index contributed by atoms with van der Waals surface area (Å²) in [7, 11) is -4.05. The van der Waals surface area contributed by atoms with Crippen LogP contribution in [-0.4, -0.2) is 30.9 Å². The second-order valence-corrected chi connectivity index (χ2v) is 6.56. The first-order chi connectivity index (χ1) is 8.97. The second-order valence-electron chi connectivity index (χ2n) is 4.88. The van der Waals surface area contributed by atoms with E-state index in [0.717, 1.165) is 6.07 Å². The van der Waals surface area contributed by atoms with Crippen LogP contribution >= 0.6 is 0 Å². The predicted octanol–water partition coefficient (Wildman–Crippen LogP) is 0.235. The standard InChI is InChI=1S/C12H16N2O5S/c1-7-4-5-8(6-9(7)10(15)16)20(18,19)14-12(2,3)11(13)17/h4-6,14H,1-3H3,(H2,13,17)(H,15,16). The van der Waals surface area contributed by atoms with Gasteiger partial charge in [0.15, 0.2) is 0 Å². The molecule has 0 atom stereocenters. The highest BCUT2D eigenvalue weighted by atomic mass is 32.2. The van der Waals surface area contributed by atoms with Gasteiger partial charge in [-0.15, -0.1) is 0 Å². The van der Waals surface area contributed by atoms with Crippen LogP contribution in [0.4, 0.5) is 0 Å². The zero-order chi connectivity index (χ0) is 15.7. The number of sulfonamides is 1. The smallest absolute Gasteiger partial charge is 0.335 e. The van der Waals surface area contributed by atoms with Gasteiger partial charge in [0.05, 0.1) is 10.5 Å². The van der Waals surface area contributed by atoms with Gasteiger partial charge in [-0.3, -0.25) is 4.79 Å². The largest absolute Gasteiger partial charge is 0.478 e. The minimum Gasteiger partial charge on any atom is -0.478 e. The number of rotatable bonds is 5. The van der Waals surface area contributed by atoms with E-state index in [9.17, 15) is 18.0 Å². The van der Waals surface area contributed by atoms with Crippen molar-refractivity contribution in [1.82, 2.24) is 4.72 Å². The van der Waals surface area contributed by atoms with E-state index in [-0.39, 0.29) is 10.5 Å². The molecule has 0 aliphatic carbocycles. The number of aryl methyl sites for hydroxylation is 1. The first kappa shape index (κ1) is 16.1. The van der Waals surface area contributed by atoms with Crippen molar-refractivity contribution in [2.45, 2.75) is 31.2 Å². The Labute approximate surface area is 116 Å². The minimum atomic E-state index is -4.05. The van der Waals surface area contributed by atoms with E-state index in [2.05, 4.69) is 4.72 Å². The van der Waals surface area contributed by atoms with Gasteiger partial charge in [0.25, 0.3) is 0 Å². The van der Waals surface area contributed by atoms with Crippen LogP contribution in [0.15, 0.2) is 23.1 Å². The molecule has 0 spiro atoms. The number of carboxylic acid groups (broad SMARTS) is 1. The molecule has 0 unspecified atom stereocenters. The molecule has 7 nitrogen and oxygen atoms in total. The van der Waals surface area contributed by atoms with Gasteiger partial charge in [-0.2, -0.15) is 4.72 Å². The maximum absolute atomic E-state index is 12.1. The van der Waals surface area contributed by atoms with E-state index in [4.69, 9.17) is 10.8 Å². The van der Waals surface area contributed by atoms with Crippen LogP contribution in [-0.2, 0) is 14.8 Å². The number of primary amides is 1. The maximum atomic E-state index is 12.1. The number of aromatic carboxylic acids is 1.